The molecule has 1 aliphatic carbocycles. The third kappa shape index (κ3) is 6.33. The van der Waals surface area contributed by atoms with E-state index in [9.17, 15) is 27.6 Å². The van der Waals surface area contributed by atoms with Gasteiger partial charge in [-0.3, -0.25) is 25.2 Å². The maximum atomic E-state index is 13.7. The monoisotopic (exact) mass is 645 g/mol. The molecule has 2 aliphatic heterocycles. The number of hydrogen-bond donors (Lipinski definition) is 3. The second-order valence-corrected chi connectivity index (χ2v) is 16.0. The number of benzene rings is 1. The number of amides is 4. The number of anilines is 1. The molecular weight excluding hydrogens is 606 g/mol. The highest BCUT2D eigenvalue weighted by Gasteiger charge is 2.53. The van der Waals surface area contributed by atoms with Gasteiger partial charge >= 0.3 is 6.09 Å². The molecule has 3 N–H and O–H groups in total. The topological polar surface area (TPSA) is 154 Å². The zero-order chi connectivity index (χ0) is 32.0. The Labute approximate surface area is 261 Å². The van der Waals surface area contributed by atoms with Crippen LogP contribution in [0.15, 0.2) is 29.2 Å². The van der Waals surface area contributed by atoms with Gasteiger partial charge in [-0.1, -0.05) is 20.8 Å². The summed E-state index contributed by atoms with van der Waals surface area (Å²) in [5, 5.41) is 3.05. The van der Waals surface area contributed by atoms with Crippen LogP contribution in [0.4, 0.5) is 9.80 Å². The van der Waals surface area contributed by atoms with Gasteiger partial charge in [-0.05, 0) is 73.3 Å². The maximum absolute atomic E-state index is 13.7. The predicted octanol–water partition coefficient (Wildman–Crippen LogP) is 3.89. The summed E-state index contributed by atoms with van der Waals surface area (Å²) >= 11 is 1.16. The van der Waals surface area contributed by atoms with Gasteiger partial charge in [-0.15, -0.1) is 11.3 Å². The molecule has 14 heteroatoms. The Balaban J connectivity index is 1.36. The van der Waals surface area contributed by atoms with Gasteiger partial charge in [0.25, 0.3) is 11.8 Å². The van der Waals surface area contributed by atoms with Crippen molar-refractivity contribution < 1.29 is 32.3 Å². The summed E-state index contributed by atoms with van der Waals surface area (Å²) in [4.78, 5) is 52.6. The van der Waals surface area contributed by atoms with Crippen LogP contribution in [0.25, 0.3) is 0 Å². The van der Waals surface area contributed by atoms with E-state index in [0.717, 1.165) is 30.6 Å². The Morgan fingerprint density at radius 3 is 2.41 bits per heavy atom. The first-order valence-electron chi connectivity index (χ1n) is 14.7. The summed E-state index contributed by atoms with van der Waals surface area (Å²) in [6.45, 7) is 10.7. The highest BCUT2D eigenvalue weighted by atomic mass is 32.2. The summed E-state index contributed by atoms with van der Waals surface area (Å²) in [5.41, 5.74) is 5.72. The molecular formula is C30H39N5O7S2. The Hall–Kier alpha value is -3.49. The first-order chi connectivity index (χ1) is 20.6. The lowest BCUT2D eigenvalue weighted by atomic mass is 9.65. The Morgan fingerprint density at radius 2 is 1.75 bits per heavy atom. The lowest BCUT2D eigenvalue weighted by Gasteiger charge is -2.39. The van der Waals surface area contributed by atoms with Crippen LogP contribution in [0.5, 0.6) is 0 Å². The number of carbonyl (C=O) groups excluding carboxylic acids is 4. The predicted molar refractivity (Wildman–Crippen MR) is 165 cm³/mol. The van der Waals surface area contributed by atoms with Gasteiger partial charge in [0.05, 0.1) is 23.6 Å². The number of carbonyl (C=O) groups is 4. The highest BCUT2D eigenvalue weighted by Crippen LogP contribution is 2.53. The highest BCUT2D eigenvalue weighted by molar-refractivity contribution is 7.89. The molecule has 2 bridgehead atoms. The smallest absolute Gasteiger partial charge is 0.410 e. The second-order valence-electron chi connectivity index (χ2n) is 13.0. The summed E-state index contributed by atoms with van der Waals surface area (Å²) in [6, 6.07) is 5.76. The largest absolute Gasteiger partial charge is 0.450 e. The Bertz CT molecular complexity index is 1600. The van der Waals surface area contributed by atoms with Crippen LogP contribution in [0, 0.1) is 10.8 Å². The summed E-state index contributed by atoms with van der Waals surface area (Å²) < 4.78 is 34.1. The molecule has 3 aliphatic rings. The van der Waals surface area contributed by atoms with E-state index in [4.69, 9.17) is 4.74 Å². The zero-order valence-corrected chi connectivity index (χ0v) is 27.2. The molecule has 2 unspecified atom stereocenters. The van der Waals surface area contributed by atoms with E-state index in [1.807, 2.05) is 0 Å². The standard InChI is InChI=1S/C30H39N5O7S2/c1-6-42-28(39)34-12-11-22-23(15-34)43-27(24(22)26(38)33-32-18(2)36)31-25(37)19-7-9-21(10-8-19)44(40,41)35-17-30(5)14-20(35)13-29(3,4)16-30/h7-10,20H,6,11-17H2,1-5H3,(H,31,37)(H,32,36)(H,33,38). The number of hydrazine groups is 1. The molecule has 1 aromatic heterocycles. The minimum Gasteiger partial charge on any atom is -0.450 e. The molecule has 0 radical (unpaired) electrons. The lowest BCUT2D eigenvalue weighted by molar-refractivity contribution is -0.119. The van der Waals surface area contributed by atoms with Gasteiger partial charge in [0.1, 0.15) is 5.00 Å². The van der Waals surface area contributed by atoms with Crippen LogP contribution < -0.4 is 16.2 Å². The number of sulfonamides is 1. The van der Waals surface area contributed by atoms with Gasteiger partial charge in [0.15, 0.2) is 0 Å². The molecule has 44 heavy (non-hydrogen) atoms. The van der Waals surface area contributed by atoms with Crippen LogP contribution in [0.1, 0.15) is 85.0 Å². The third-order valence-electron chi connectivity index (χ3n) is 8.48. The van der Waals surface area contributed by atoms with Gasteiger partial charge in [-0.25, -0.2) is 13.2 Å². The minimum atomic E-state index is -3.76. The molecule has 4 amide bonds. The van der Waals surface area contributed by atoms with E-state index < -0.39 is 33.8 Å². The molecule has 12 nitrogen and oxygen atoms in total. The first-order valence-corrected chi connectivity index (χ1v) is 16.9. The van der Waals surface area contributed by atoms with Crippen LogP contribution in [-0.2, 0) is 32.5 Å². The molecule has 3 heterocycles. The van der Waals surface area contributed by atoms with Crippen molar-refractivity contribution >= 4 is 50.2 Å². The number of rotatable bonds is 6. The molecule has 5 rings (SSSR count). The van der Waals surface area contributed by atoms with Crippen molar-refractivity contribution in [2.45, 2.75) is 77.8 Å². The molecule has 2 aromatic rings. The average Bonchev–Trinajstić information content (AvgIpc) is 3.43. The van der Waals surface area contributed by atoms with Gasteiger partial charge in [-0.2, -0.15) is 4.31 Å². The SMILES string of the molecule is CCOC(=O)N1CCc2c(sc(NC(=O)c3ccc(S(=O)(=O)N4CC5(C)CC4CC(C)(C)C5)cc3)c2C(=O)NNC(C)=O)C1. The van der Waals surface area contributed by atoms with Gasteiger partial charge in [0, 0.05) is 36.5 Å². The van der Waals surface area contributed by atoms with Crippen molar-refractivity contribution in [2.24, 2.45) is 10.8 Å². The average molecular weight is 646 g/mol. The van der Waals surface area contributed by atoms with E-state index >= 15 is 0 Å². The fourth-order valence-electron chi connectivity index (χ4n) is 7.09. The van der Waals surface area contributed by atoms with Gasteiger partial charge in [0.2, 0.25) is 15.9 Å². The van der Waals surface area contributed by atoms with Crippen molar-refractivity contribution in [1.29, 1.82) is 0 Å². The van der Waals surface area contributed by atoms with Gasteiger partial charge < -0.3 is 15.0 Å². The third-order valence-corrected chi connectivity index (χ3v) is 11.5. The van der Waals surface area contributed by atoms with Crippen LogP contribution in [-0.4, -0.2) is 67.2 Å². The molecule has 1 aromatic carbocycles. The first kappa shape index (κ1) is 31.9. The normalized spacial score (nSPS) is 22.6. The van der Waals surface area contributed by atoms with E-state index in [-0.39, 0.29) is 51.0 Å². The van der Waals surface area contributed by atoms with Crippen molar-refractivity contribution in [1.82, 2.24) is 20.1 Å². The van der Waals surface area contributed by atoms with Crippen LogP contribution >= 0.6 is 11.3 Å². The van der Waals surface area contributed by atoms with E-state index in [1.54, 1.807) is 11.2 Å². The van der Waals surface area contributed by atoms with Crippen LogP contribution in [0.2, 0.25) is 0 Å². The number of hydrogen-bond acceptors (Lipinski definition) is 8. The number of thiophene rings is 1. The Morgan fingerprint density at radius 1 is 1.05 bits per heavy atom. The summed E-state index contributed by atoms with van der Waals surface area (Å²) in [5.74, 6) is -1.60. The van der Waals surface area contributed by atoms with E-state index in [0.29, 0.717) is 30.0 Å². The van der Waals surface area contributed by atoms with Crippen molar-refractivity contribution in [3.8, 4) is 0 Å². The van der Waals surface area contributed by atoms with E-state index in [2.05, 4.69) is 36.9 Å². The lowest BCUT2D eigenvalue weighted by Crippen LogP contribution is -2.41. The van der Waals surface area contributed by atoms with Crippen LogP contribution in [0.3, 0.4) is 0 Å². The maximum Gasteiger partial charge on any atom is 0.410 e. The molecule has 2 atom stereocenters. The number of nitrogens with one attached hydrogen (secondary N) is 3. The Kier molecular flexibility index (Phi) is 8.55. The molecule has 0 spiro atoms. The zero-order valence-electron chi connectivity index (χ0n) is 25.6. The molecule has 1 saturated carbocycles. The summed E-state index contributed by atoms with van der Waals surface area (Å²) in [7, 11) is -3.76. The minimum absolute atomic E-state index is 0.0524. The second kappa shape index (κ2) is 11.8. The number of fused-ring (bicyclic) bond motifs is 3. The van der Waals surface area contributed by atoms with Crippen molar-refractivity contribution in [3.63, 3.8) is 0 Å². The van der Waals surface area contributed by atoms with Crippen molar-refractivity contribution in [3.05, 3.63) is 45.8 Å². The fourth-order valence-corrected chi connectivity index (χ4v) is 10.1. The molecule has 2 fully saturated rings. The van der Waals surface area contributed by atoms with E-state index in [1.165, 1.54) is 36.1 Å². The summed E-state index contributed by atoms with van der Waals surface area (Å²) in [6.07, 6.45) is 2.51. The molecule has 1 saturated heterocycles. The fraction of sp³-hybridized carbons (Fsp3) is 0.533. The van der Waals surface area contributed by atoms with Crippen molar-refractivity contribution in [2.75, 3.05) is 25.0 Å². The quantitative estimate of drug-likeness (QED) is 0.403. The number of ether oxygens (including phenoxy) is 1. The number of nitrogens with zero attached hydrogens (tertiary/aromatic N) is 2. The molecule has 238 valence electrons.